The van der Waals surface area contributed by atoms with Gasteiger partial charge in [0.1, 0.15) is 29.6 Å². The summed E-state index contributed by atoms with van der Waals surface area (Å²) in [7, 11) is 10.6. The Kier molecular flexibility index (Phi) is 32.3. The number of fused-ring (bicyclic) bond motifs is 18. The molecule has 6 aromatic rings. The van der Waals surface area contributed by atoms with Gasteiger partial charge in [0.2, 0.25) is 0 Å². The Hall–Kier alpha value is -2.58. The van der Waals surface area contributed by atoms with E-state index in [1.54, 1.807) is 27.5 Å². The van der Waals surface area contributed by atoms with Crippen LogP contribution in [0.2, 0.25) is 0 Å². The van der Waals surface area contributed by atoms with E-state index in [4.69, 9.17) is 38.5 Å². The van der Waals surface area contributed by atoms with Gasteiger partial charge in [-0.25, -0.2) is 0 Å². The molecule has 0 amide bonds. The third-order valence-electron chi connectivity index (χ3n) is 34.4. The topological polar surface area (TPSA) is 281 Å². The number of hydrogen-bond donors (Lipinski definition) is 4. The molecule has 21 nitrogen and oxygen atoms in total. The van der Waals surface area contributed by atoms with E-state index >= 15 is 0 Å². The van der Waals surface area contributed by atoms with Crippen molar-refractivity contribution in [2.75, 3.05) is 67.8 Å². The zero-order valence-electron chi connectivity index (χ0n) is 74.4. The third kappa shape index (κ3) is 18.9. The van der Waals surface area contributed by atoms with Crippen LogP contribution in [0.4, 0.5) is 0 Å². The summed E-state index contributed by atoms with van der Waals surface area (Å²) < 4.78 is 37.1. The van der Waals surface area contributed by atoms with Crippen LogP contribution in [0.5, 0.6) is 17.2 Å². The van der Waals surface area contributed by atoms with Crippen molar-refractivity contribution in [1.82, 2.24) is 29.8 Å². The van der Waals surface area contributed by atoms with E-state index in [0.717, 1.165) is 178 Å². The molecule has 0 bridgehead atoms. The fourth-order valence-electron chi connectivity index (χ4n) is 29.2. The fraction of sp³-hybridized carbons (Fsp3) is 0.737. The number of methoxy groups -OCH3 is 6. The van der Waals surface area contributed by atoms with Gasteiger partial charge in [-0.15, -0.1) is 0 Å². The maximum absolute atomic E-state index is 13.8. The van der Waals surface area contributed by atoms with Gasteiger partial charge >= 0.3 is 103 Å². The third-order valence-corrected chi connectivity index (χ3v) is 35.0. The number of Topliss-reactive ketones (excluding diaryl/α,β-unsaturated/α-hetero) is 3. The predicted molar refractivity (Wildman–Crippen MR) is 455 cm³/mol. The predicted octanol–water partition coefficient (Wildman–Crippen LogP) is 11.1. The van der Waals surface area contributed by atoms with Crippen LogP contribution in [0.15, 0.2) is 73.2 Å². The van der Waals surface area contributed by atoms with Crippen molar-refractivity contribution < 1.29 is 177 Å². The molecule has 0 unspecified atom stereocenters. The number of ketones is 3. The van der Waals surface area contributed by atoms with Crippen molar-refractivity contribution in [3.05, 3.63) is 73.2 Å². The SMILES string of the molecule is C.COC[C@]12CC[C@@](C)(O)C[C@@H]1CC[C@H]1[C@@H]3CC[C@H](C(=O)CBr)[C@@]3(C)CC[C@@H]12.COC[C@]12CC[C@@](C)(O)C[C@@H]1CC[C@H]1[C@@H]3CC[C@H](C(=O)Cn4cc5cc(OC)ccc5n4)[C@@]3(C)CC[C@@H]12.COC[C@]12CC[C@@](C)(O)C[C@@H]1CC[C@H]1[C@@H]3CC[C@H](C(=O)Cn4ncc5cc(OC)ccc54)[C@@]3(C)CC[C@@H]12.COc1ccc2[nH]ncc2c1.O=CO[O-].[H-].[K+].[K+]. The van der Waals surface area contributed by atoms with Gasteiger partial charge in [0.25, 0.3) is 6.47 Å². The van der Waals surface area contributed by atoms with E-state index in [1.807, 2.05) is 118 Å². The van der Waals surface area contributed by atoms with Crippen molar-refractivity contribution in [2.24, 2.45) is 121 Å². The van der Waals surface area contributed by atoms with Crippen LogP contribution in [0.3, 0.4) is 0 Å². The van der Waals surface area contributed by atoms with Gasteiger partial charge in [-0.3, -0.25) is 33.6 Å². The number of alkyl halides is 1. The molecule has 0 spiro atoms. The Morgan fingerprint density at radius 2 is 0.899 bits per heavy atom. The van der Waals surface area contributed by atoms with Crippen LogP contribution >= 0.6 is 15.9 Å². The van der Waals surface area contributed by atoms with Gasteiger partial charge < -0.3 is 55.3 Å². The van der Waals surface area contributed by atoms with E-state index < -0.39 is 16.8 Å². The summed E-state index contributed by atoms with van der Waals surface area (Å²) in [6, 6.07) is 17.6. The second-order valence-electron chi connectivity index (χ2n) is 40.1. The van der Waals surface area contributed by atoms with Gasteiger partial charge in [0, 0.05) is 61.4 Å². The molecule has 12 fully saturated rings. The summed E-state index contributed by atoms with van der Waals surface area (Å²) in [6.45, 7) is 16.4. The van der Waals surface area contributed by atoms with Crippen molar-refractivity contribution in [2.45, 2.75) is 252 Å². The number of rotatable bonds is 18. The molecule has 3 heterocycles. The molecule has 0 saturated heterocycles. The normalized spacial score (nSPS) is 38.5. The zero-order valence-corrected chi connectivity index (χ0v) is 81.2. The average molecular weight is 1760 g/mol. The Labute approximate surface area is 802 Å². The van der Waals surface area contributed by atoms with E-state index in [-0.39, 0.29) is 168 Å². The first-order chi connectivity index (χ1) is 55.5. The molecule has 3 aromatic heterocycles. The number of nitrogens with one attached hydrogen (secondary N) is 1. The van der Waals surface area contributed by atoms with Crippen LogP contribution in [0.1, 0.15) is 224 Å². The van der Waals surface area contributed by atoms with Crippen LogP contribution in [-0.2, 0) is 51.4 Å². The maximum atomic E-state index is 13.8. The summed E-state index contributed by atoms with van der Waals surface area (Å²) in [5.74, 6) is 11.8. The zero-order chi connectivity index (χ0) is 82.5. The molecule has 648 valence electrons. The first-order valence-electron chi connectivity index (χ1n) is 44.0. The number of ether oxygens (including phenoxy) is 6. The number of aromatic amines is 1. The van der Waals surface area contributed by atoms with Crippen molar-refractivity contribution in [1.29, 1.82) is 0 Å². The van der Waals surface area contributed by atoms with Gasteiger partial charge in [-0.05, 0) is 352 Å². The van der Waals surface area contributed by atoms with E-state index in [0.29, 0.717) is 101 Å². The van der Waals surface area contributed by atoms with Crippen LogP contribution in [0.25, 0.3) is 32.7 Å². The van der Waals surface area contributed by atoms with Crippen LogP contribution < -0.4 is 122 Å². The van der Waals surface area contributed by atoms with Gasteiger partial charge in [0.05, 0.1) is 98.8 Å². The Morgan fingerprint density at radius 1 is 0.504 bits per heavy atom. The minimum Gasteiger partial charge on any atom is -1.00 e. The number of carbonyl (C=O) groups excluding carboxylic acids is 4. The first-order valence-corrected chi connectivity index (χ1v) is 45.1. The molecule has 18 rings (SSSR count). The maximum Gasteiger partial charge on any atom is 1.00 e. The second kappa shape index (κ2) is 39.6. The number of aliphatic hydroxyl groups is 3. The Balaban J connectivity index is 0.000000172. The van der Waals surface area contributed by atoms with Crippen molar-refractivity contribution >= 4 is 72.5 Å². The van der Waals surface area contributed by atoms with E-state index in [1.165, 1.54) is 70.6 Å². The summed E-state index contributed by atoms with van der Waals surface area (Å²) in [5.41, 5.74) is 2.34. The van der Waals surface area contributed by atoms with Gasteiger partial charge in [-0.2, -0.15) is 15.3 Å². The molecule has 4 N–H and O–H groups in total. The molecular weight excluding hydrogens is 1620 g/mol. The first kappa shape index (κ1) is 97.0. The fourth-order valence-corrected chi connectivity index (χ4v) is 29.6. The molecule has 24 heteroatoms. The largest absolute Gasteiger partial charge is 1.00 e. The number of nitrogens with zero attached hydrogens (tertiary/aromatic N) is 5. The summed E-state index contributed by atoms with van der Waals surface area (Å²) in [6.07, 6.45) is 35.4. The van der Waals surface area contributed by atoms with E-state index in [2.05, 4.69) is 62.0 Å². The van der Waals surface area contributed by atoms with Crippen molar-refractivity contribution in [3.63, 3.8) is 0 Å². The Bertz CT molecular complexity index is 4430. The number of halogens is 1. The van der Waals surface area contributed by atoms with Crippen LogP contribution in [-0.4, -0.2) is 154 Å². The number of carbonyl (C=O) groups is 4. The summed E-state index contributed by atoms with van der Waals surface area (Å²) in [4.78, 5) is 51.5. The molecule has 12 aliphatic carbocycles. The minimum atomic E-state index is -0.537. The molecule has 119 heavy (non-hydrogen) atoms. The monoisotopic (exact) mass is 1760 g/mol. The standard InChI is InChI=1S/2C31H44N2O4.C23H37BrO3.C8H8N2O.CH2O3.CH4.2K.H/c1-29(35)13-14-31(19-36-3)21(16-29)5-7-23-24-8-9-26(30(24,2)12-11-25(23)31)28(34)18-33-17-20-15-22(37-4)6-10-27(20)32-33;1-29(35)13-14-31(19-36-3)21(16-29)5-7-23-24-8-9-26(30(24,2)12-11-25(23)31)28(34)18-33-27-10-6-22(37-4)15-20(27)17-32-33;1-21(26)10-11-23(14-27-3)15(12-21)4-5-16-17-6-7-19(20(25)13-24)22(17,2)9-8-18(16)23;1-11-7-2-3-8-6(4-7)5-9-10-8;2-1-4-3;;;;/h2*6,10,15,17,21,23-26,35H,5,7-9,11-14,16,18-19H2,1-4H3;15-19,26H,4-14H2,1-3H3;2-5H,1H3,(H,9,10);1,3H;1H4;;;/q;;;;;;2*+1;-1/p-1/t2*21-,23-,24-,25-,26+,29+,30-,31+;15-,16-,17-,18-,19+,21+,22-,23+;;;;;;/m000....../s1. The van der Waals surface area contributed by atoms with E-state index in [9.17, 15) is 29.7 Å². The van der Waals surface area contributed by atoms with Gasteiger partial charge in [0.15, 0.2) is 11.6 Å². The minimum absolute atomic E-state index is 0. The second-order valence-corrected chi connectivity index (χ2v) is 40.7. The molecule has 24 atom stereocenters. The smallest absolute Gasteiger partial charge is 1.00 e. The number of H-pyrrole nitrogens is 1. The van der Waals surface area contributed by atoms with Crippen LogP contribution in [0, 0.1) is 121 Å². The van der Waals surface area contributed by atoms with Crippen molar-refractivity contribution in [3.8, 4) is 17.2 Å². The summed E-state index contributed by atoms with van der Waals surface area (Å²) in [5, 5.41) is 60.5. The molecule has 3 aromatic carbocycles. The number of aromatic nitrogens is 6. The van der Waals surface area contributed by atoms with Gasteiger partial charge in [-0.1, -0.05) is 44.1 Å². The quantitative estimate of drug-likeness (QED) is 0.0205. The average Bonchev–Trinajstić information content (AvgIpc) is 1.36. The molecule has 12 saturated carbocycles. The molecule has 12 aliphatic rings. The molecular formula is C95H139BrK2N6O15. The molecule has 0 aliphatic heterocycles. The molecule has 0 radical (unpaired) electrons. The summed E-state index contributed by atoms with van der Waals surface area (Å²) >= 11 is 3.43. The number of hydrogen-bond acceptors (Lipinski definition) is 18. The Morgan fingerprint density at radius 3 is 1.31 bits per heavy atom. The number of benzene rings is 3.